The summed E-state index contributed by atoms with van der Waals surface area (Å²) < 4.78 is 15.2. The van der Waals surface area contributed by atoms with Crippen LogP contribution in [0.3, 0.4) is 0 Å². The van der Waals surface area contributed by atoms with Crippen molar-refractivity contribution in [3.63, 3.8) is 0 Å². The first kappa shape index (κ1) is 16.0. The number of amides is 1. The molecule has 1 aliphatic heterocycles. The summed E-state index contributed by atoms with van der Waals surface area (Å²) in [5.74, 6) is -0.463. The molecule has 7 heteroatoms. The van der Waals surface area contributed by atoms with Gasteiger partial charge in [-0.05, 0) is 33.6 Å². The second kappa shape index (κ2) is 6.96. The van der Waals surface area contributed by atoms with E-state index in [-0.39, 0.29) is 12.2 Å². The molecule has 0 unspecified atom stereocenters. The van der Waals surface area contributed by atoms with Crippen LogP contribution in [0.2, 0.25) is 0 Å². The van der Waals surface area contributed by atoms with E-state index in [0.717, 1.165) is 0 Å². The van der Waals surface area contributed by atoms with Gasteiger partial charge in [0.05, 0.1) is 6.10 Å². The molecule has 1 aliphatic rings. The Hall–Kier alpha value is -1.01. The summed E-state index contributed by atoms with van der Waals surface area (Å²) in [6, 6.07) is -0.181. The van der Waals surface area contributed by atoms with Crippen molar-refractivity contribution in [2.75, 3.05) is 12.6 Å². The first-order chi connectivity index (χ1) is 8.81. The molecule has 0 saturated carbocycles. The predicted octanol–water partition coefficient (Wildman–Crippen LogP) is 1.80. The molecular formula is C12H20ClNO5. The molecular weight excluding hydrogens is 274 g/mol. The Labute approximate surface area is 117 Å². The van der Waals surface area contributed by atoms with Gasteiger partial charge in [-0.15, -0.1) is 0 Å². The number of alkyl halides is 1. The lowest BCUT2D eigenvalue weighted by atomic mass is 10.2. The van der Waals surface area contributed by atoms with E-state index in [1.54, 1.807) is 20.8 Å². The lowest BCUT2D eigenvalue weighted by molar-refractivity contribution is -0.154. The number of alkyl carbamates (subject to hydrolysis) is 1. The third-order valence-electron chi connectivity index (χ3n) is 2.44. The highest BCUT2D eigenvalue weighted by Crippen LogP contribution is 2.20. The van der Waals surface area contributed by atoms with Crippen molar-refractivity contribution in [3.8, 4) is 0 Å². The van der Waals surface area contributed by atoms with Crippen molar-refractivity contribution in [2.45, 2.75) is 51.4 Å². The molecule has 0 bridgehead atoms. The molecule has 2 atom stereocenters. The highest BCUT2D eigenvalue weighted by Gasteiger charge is 2.32. The zero-order chi connectivity index (χ0) is 14.5. The Morgan fingerprint density at radius 3 is 2.63 bits per heavy atom. The van der Waals surface area contributed by atoms with Crippen LogP contribution in [-0.2, 0) is 19.0 Å². The highest BCUT2D eigenvalue weighted by molar-refractivity contribution is 6.17. The van der Waals surface area contributed by atoms with Gasteiger partial charge >= 0.3 is 12.1 Å². The number of nitrogens with one attached hydrogen (secondary N) is 1. The van der Waals surface area contributed by atoms with Crippen LogP contribution in [0.1, 0.15) is 33.6 Å². The Bertz CT molecular complexity index is 329. The molecule has 6 nitrogen and oxygen atoms in total. The fourth-order valence-corrected chi connectivity index (χ4v) is 1.79. The lowest BCUT2D eigenvalue weighted by Gasteiger charge is -2.20. The molecule has 19 heavy (non-hydrogen) atoms. The number of carbonyl (C=O) groups excluding carboxylic acids is 2. The number of hydrogen-bond donors (Lipinski definition) is 1. The Morgan fingerprint density at radius 2 is 2.05 bits per heavy atom. The maximum Gasteiger partial charge on any atom is 0.407 e. The number of halogens is 1. The normalized spacial score (nSPS) is 22.9. The molecule has 1 N–H and O–H groups in total. The van der Waals surface area contributed by atoms with Gasteiger partial charge in [0, 0.05) is 6.54 Å². The average molecular weight is 294 g/mol. The van der Waals surface area contributed by atoms with Gasteiger partial charge in [0.25, 0.3) is 0 Å². The van der Waals surface area contributed by atoms with Crippen LogP contribution in [0.5, 0.6) is 0 Å². The highest BCUT2D eigenvalue weighted by atomic mass is 35.5. The Kier molecular flexibility index (Phi) is 5.87. The standard InChI is InChI=1S/C12H20ClNO5/c1-12(2,3)19-11(16)14-6-8-4-5-9(18-8)10(15)17-7-13/h8-9H,4-7H2,1-3H3,(H,14,16)/t8-,9+/m1/s1. The smallest absolute Gasteiger partial charge is 0.407 e. The van der Waals surface area contributed by atoms with Crippen LogP contribution in [0.15, 0.2) is 0 Å². The van der Waals surface area contributed by atoms with Crippen molar-refractivity contribution >= 4 is 23.7 Å². The molecule has 0 aromatic carbocycles. The average Bonchev–Trinajstić information content (AvgIpc) is 2.73. The predicted molar refractivity (Wildman–Crippen MR) is 68.9 cm³/mol. The quantitative estimate of drug-likeness (QED) is 0.632. The molecule has 1 amide bonds. The van der Waals surface area contributed by atoms with E-state index in [0.29, 0.717) is 19.4 Å². The van der Waals surface area contributed by atoms with E-state index in [1.807, 2.05) is 0 Å². The number of esters is 1. The van der Waals surface area contributed by atoms with E-state index >= 15 is 0 Å². The largest absolute Gasteiger partial charge is 0.447 e. The molecule has 110 valence electrons. The molecule has 0 aromatic rings. The molecule has 0 aliphatic carbocycles. The zero-order valence-corrected chi connectivity index (χ0v) is 12.2. The minimum Gasteiger partial charge on any atom is -0.447 e. The first-order valence-corrected chi connectivity index (χ1v) is 6.70. The second-order valence-electron chi connectivity index (χ2n) is 5.28. The number of carbonyl (C=O) groups is 2. The van der Waals surface area contributed by atoms with E-state index in [9.17, 15) is 9.59 Å². The van der Waals surface area contributed by atoms with Crippen LogP contribution >= 0.6 is 11.6 Å². The van der Waals surface area contributed by atoms with Crippen LogP contribution < -0.4 is 5.32 Å². The van der Waals surface area contributed by atoms with Gasteiger partial charge < -0.3 is 19.5 Å². The third kappa shape index (κ3) is 6.11. The summed E-state index contributed by atoms with van der Waals surface area (Å²) in [4.78, 5) is 22.8. The van der Waals surface area contributed by atoms with Crippen LogP contribution in [-0.4, -0.2) is 42.5 Å². The van der Waals surface area contributed by atoms with Crippen molar-refractivity contribution in [3.05, 3.63) is 0 Å². The minimum absolute atomic E-state index is 0.181. The third-order valence-corrected chi connectivity index (χ3v) is 2.55. The van der Waals surface area contributed by atoms with Gasteiger partial charge in [-0.3, -0.25) is 0 Å². The fourth-order valence-electron chi connectivity index (χ4n) is 1.69. The van der Waals surface area contributed by atoms with E-state index < -0.39 is 23.8 Å². The lowest BCUT2D eigenvalue weighted by Crippen LogP contribution is -2.37. The molecule has 1 saturated heterocycles. The van der Waals surface area contributed by atoms with Crippen LogP contribution in [0.4, 0.5) is 4.79 Å². The van der Waals surface area contributed by atoms with E-state index in [1.165, 1.54) is 0 Å². The summed E-state index contributed by atoms with van der Waals surface area (Å²) in [5.41, 5.74) is -0.534. The minimum atomic E-state index is -0.593. The number of hydrogen-bond acceptors (Lipinski definition) is 5. The zero-order valence-electron chi connectivity index (χ0n) is 11.4. The summed E-state index contributed by atoms with van der Waals surface area (Å²) in [5, 5.41) is 2.61. The van der Waals surface area contributed by atoms with Gasteiger partial charge in [0.15, 0.2) is 12.2 Å². The van der Waals surface area contributed by atoms with Gasteiger partial charge in [0.2, 0.25) is 0 Å². The van der Waals surface area contributed by atoms with E-state index in [4.69, 9.17) is 21.1 Å². The van der Waals surface area contributed by atoms with Crippen LogP contribution in [0.25, 0.3) is 0 Å². The summed E-state index contributed by atoms with van der Waals surface area (Å²) in [6.07, 6.45) is -0.0544. The fraction of sp³-hybridized carbons (Fsp3) is 0.833. The van der Waals surface area contributed by atoms with Crippen molar-refractivity contribution < 1.29 is 23.8 Å². The molecule has 1 fully saturated rings. The van der Waals surface area contributed by atoms with Crippen molar-refractivity contribution in [1.29, 1.82) is 0 Å². The van der Waals surface area contributed by atoms with Gasteiger partial charge in [-0.1, -0.05) is 11.6 Å². The maximum atomic E-state index is 11.4. The number of ether oxygens (including phenoxy) is 3. The molecule has 0 spiro atoms. The van der Waals surface area contributed by atoms with E-state index in [2.05, 4.69) is 10.1 Å². The van der Waals surface area contributed by atoms with Crippen molar-refractivity contribution in [1.82, 2.24) is 5.32 Å². The SMILES string of the molecule is CC(C)(C)OC(=O)NC[C@H]1CC[C@@H](C(=O)OCCl)O1. The summed E-state index contributed by atoms with van der Waals surface area (Å²) in [6.45, 7) is 5.67. The van der Waals surface area contributed by atoms with Crippen LogP contribution in [0, 0.1) is 0 Å². The Morgan fingerprint density at radius 1 is 1.37 bits per heavy atom. The van der Waals surface area contributed by atoms with Gasteiger partial charge in [-0.25, -0.2) is 9.59 Å². The molecule has 0 aromatic heterocycles. The second-order valence-corrected chi connectivity index (χ2v) is 5.50. The van der Waals surface area contributed by atoms with Gasteiger partial charge in [-0.2, -0.15) is 0 Å². The monoisotopic (exact) mass is 293 g/mol. The number of rotatable bonds is 4. The Balaban J connectivity index is 2.25. The molecule has 1 rings (SSSR count). The topological polar surface area (TPSA) is 73.9 Å². The summed E-state index contributed by atoms with van der Waals surface area (Å²) in [7, 11) is 0. The first-order valence-electron chi connectivity index (χ1n) is 6.16. The summed E-state index contributed by atoms with van der Waals surface area (Å²) >= 11 is 5.30. The molecule has 0 radical (unpaired) electrons. The van der Waals surface area contributed by atoms with Crippen molar-refractivity contribution in [2.24, 2.45) is 0 Å². The maximum absolute atomic E-state index is 11.4. The van der Waals surface area contributed by atoms with Gasteiger partial charge in [0.1, 0.15) is 5.60 Å². The molecule has 1 heterocycles.